The van der Waals surface area contributed by atoms with Crippen LogP contribution in [0.4, 0.5) is 0 Å². The highest BCUT2D eigenvalue weighted by atomic mass is 16.5. The zero-order valence-electron chi connectivity index (χ0n) is 17.0. The molecule has 0 radical (unpaired) electrons. The fourth-order valence-corrected chi connectivity index (χ4v) is 1.91. The summed E-state index contributed by atoms with van der Waals surface area (Å²) in [7, 11) is 0. The Morgan fingerprint density at radius 2 is 1.73 bits per heavy atom. The molecule has 5 heteroatoms. The first kappa shape index (κ1) is 23.6. The van der Waals surface area contributed by atoms with E-state index in [0.717, 1.165) is 23.4 Å². The maximum Gasteiger partial charge on any atom is 0.341 e. The monoisotopic (exact) mass is 360 g/mol. The van der Waals surface area contributed by atoms with Crippen LogP contribution in [0.3, 0.4) is 0 Å². The van der Waals surface area contributed by atoms with Crippen molar-refractivity contribution in [3.05, 3.63) is 48.2 Å². The number of ether oxygens (including phenoxy) is 1. The summed E-state index contributed by atoms with van der Waals surface area (Å²) in [6, 6.07) is 0. The van der Waals surface area contributed by atoms with Gasteiger partial charge in [-0.3, -0.25) is 9.79 Å². The first-order valence-corrected chi connectivity index (χ1v) is 8.64. The highest BCUT2D eigenvalue weighted by Gasteiger charge is 2.28. The molecule has 0 unspecified atom stereocenters. The third-order valence-electron chi connectivity index (χ3n) is 3.62. The van der Waals surface area contributed by atoms with Crippen LogP contribution in [0.15, 0.2) is 53.2 Å². The highest BCUT2D eigenvalue weighted by Crippen LogP contribution is 2.19. The number of allylic oxidation sites excluding steroid dienone is 2. The van der Waals surface area contributed by atoms with Crippen molar-refractivity contribution >= 4 is 17.5 Å². The maximum absolute atomic E-state index is 12.0. The van der Waals surface area contributed by atoms with E-state index in [-0.39, 0.29) is 18.0 Å². The molecular weight excluding hydrogens is 328 g/mol. The van der Waals surface area contributed by atoms with E-state index in [4.69, 9.17) is 4.74 Å². The molecule has 0 saturated heterocycles. The fourth-order valence-electron chi connectivity index (χ4n) is 1.91. The minimum atomic E-state index is -0.696. The van der Waals surface area contributed by atoms with Gasteiger partial charge in [-0.05, 0) is 38.0 Å². The minimum Gasteiger partial charge on any atom is -0.460 e. The van der Waals surface area contributed by atoms with Crippen molar-refractivity contribution in [3.8, 4) is 0 Å². The van der Waals surface area contributed by atoms with Gasteiger partial charge in [-0.15, -0.1) is 0 Å². The van der Waals surface area contributed by atoms with Gasteiger partial charge in [0.05, 0.1) is 5.57 Å². The Labute approximate surface area is 157 Å². The molecule has 0 heterocycles. The summed E-state index contributed by atoms with van der Waals surface area (Å²) < 4.78 is 5.07. The van der Waals surface area contributed by atoms with Gasteiger partial charge < -0.3 is 10.1 Å². The van der Waals surface area contributed by atoms with Crippen LogP contribution in [0.2, 0.25) is 0 Å². The van der Waals surface area contributed by atoms with Crippen molar-refractivity contribution < 1.29 is 14.3 Å². The molecular formula is C21H32N2O3. The van der Waals surface area contributed by atoms with Crippen molar-refractivity contribution in [2.75, 3.05) is 19.7 Å². The Balaban J connectivity index is 4.43. The standard InChI is InChI=1S/C21H32N2O3/c1-10-22-17(5)14(2)13-15(3)18(6)23-11-12-26-20(25)16(4)19(24)21(7,8)9/h13,23H,3-4,6,10-12H2,1-2,5,7-9H3/b14-13+,22-17+. The van der Waals surface area contributed by atoms with Gasteiger partial charge in [0.1, 0.15) is 6.61 Å². The summed E-state index contributed by atoms with van der Waals surface area (Å²) in [5, 5.41) is 3.04. The third kappa shape index (κ3) is 8.10. The van der Waals surface area contributed by atoms with Crippen LogP contribution in [0.5, 0.6) is 0 Å². The number of carbonyl (C=O) groups excluding carboxylic acids is 2. The number of esters is 1. The van der Waals surface area contributed by atoms with Crippen LogP contribution >= 0.6 is 0 Å². The number of rotatable bonds is 10. The maximum atomic E-state index is 12.0. The molecule has 0 bridgehead atoms. The molecule has 0 aliphatic carbocycles. The second-order valence-corrected chi connectivity index (χ2v) is 7.01. The van der Waals surface area contributed by atoms with E-state index in [2.05, 4.69) is 30.0 Å². The van der Waals surface area contributed by atoms with Gasteiger partial charge in [-0.25, -0.2) is 4.79 Å². The first-order chi connectivity index (χ1) is 11.9. The van der Waals surface area contributed by atoms with E-state index in [1.807, 2.05) is 26.8 Å². The first-order valence-electron chi connectivity index (χ1n) is 8.64. The van der Waals surface area contributed by atoms with Gasteiger partial charge in [0, 0.05) is 29.9 Å². The van der Waals surface area contributed by atoms with Crippen molar-refractivity contribution in [1.82, 2.24) is 5.32 Å². The average Bonchev–Trinajstić information content (AvgIpc) is 2.55. The molecule has 0 aromatic heterocycles. The number of hydrogen-bond donors (Lipinski definition) is 1. The molecule has 0 aliphatic heterocycles. The summed E-state index contributed by atoms with van der Waals surface area (Å²) in [4.78, 5) is 28.2. The van der Waals surface area contributed by atoms with Crippen LogP contribution in [0.1, 0.15) is 41.5 Å². The minimum absolute atomic E-state index is 0.0978. The van der Waals surface area contributed by atoms with Crippen molar-refractivity contribution in [2.45, 2.75) is 41.5 Å². The lowest BCUT2D eigenvalue weighted by atomic mass is 9.87. The fraction of sp³-hybridized carbons (Fsp3) is 0.476. The summed E-state index contributed by atoms with van der Waals surface area (Å²) >= 11 is 0. The van der Waals surface area contributed by atoms with E-state index < -0.39 is 11.4 Å². The van der Waals surface area contributed by atoms with E-state index in [1.54, 1.807) is 20.8 Å². The highest BCUT2D eigenvalue weighted by molar-refractivity contribution is 6.18. The van der Waals surface area contributed by atoms with Crippen LogP contribution in [-0.2, 0) is 14.3 Å². The molecule has 0 aromatic rings. The molecule has 0 saturated carbocycles. The topological polar surface area (TPSA) is 67.8 Å². The normalized spacial score (nSPS) is 12.4. The quantitative estimate of drug-likeness (QED) is 0.122. The van der Waals surface area contributed by atoms with Crippen LogP contribution in [0, 0.1) is 5.41 Å². The summed E-state index contributed by atoms with van der Waals surface area (Å²) in [6.07, 6.45) is 1.90. The second-order valence-electron chi connectivity index (χ2n) is 7.01. The predicted octanol–water partition coefficient (Wildman–Crippen LogP) is 3.79. The van der Waals surface area contributed by atoms with E-state index in [1.165, 1.54) is 0 Å². The lowest BCUT2D eigenvalue weighted by Crippen LogP contribution is -2.28. The largest absolute Gasteiger partial charge is 0.460 e. The second kappa shape index (κ2) is 10.5. The van der Waals surface area contributed by atoms with Crippen LogP contribution in [0.25, 0.3) is 0 Å². The molecule has 0 aromatic carbocycles. The zero-order chi connectivity index (χ0) is 20.5. The number of Topliss-reactive ketones (excluding diaryl/α,β-unsaturated/α-hetero) is 1. The number of nitrogens with zero attached hydrogens (tertiary/aromatic N) is 1. The van der Waals surface area contributed by atoms with Gasteiger partial charge in [0.2, 0.25) is 0 Å². The third-order valence-corrected chi connectivity index (χ3v) is 3.62. The summed E-state index contributed by atoms with van der Waals surface area (Å²) in [5.41, 5.74) is 2.54. The summed E-state index contributed by atoms with van der Waals surface area (Å²) in [6.45, 7) is 23.7. The molecule has 0 fully saturated rings. The lowest BCUT2D eigenvalue weighted by molar-refractivity contribution is -0.141. The van der Waals surface area contributed by atoms with E-state index in [0.29, 0.717) is 12.2 Å². The van der Waals surface area contributed by atoms with Gasteiger partial charge in [0.25, 0.3) is 0 Å². The Morgan fingerprint density at radius 1 is 1.15 bits per heavy atom. The number of hydrogen-bond acceptors (Lipinski definition) is 5. The van der Waals surface area contributed by atoms with Gasteiger partial charge >= 0.3 is 5.97 Å². The Kier molecular flexibility index (Phi) is 9.55. The van der Waals surface area contributed by atoms with Gasteiger partial charge in [-0.2, -0.15) is 0 Å². The Bertz CT molecular complexity index is 647. The molecule has 0 spiro atoms. The van der Waals surface area contributed by atoms with Gasteiger partial charge in [0.15, 0.2) is 5.78 Å². The Hall–Kier alpha value is -2.43. The number of aliphatic imine (C=N–C) groups is 1. The zero-order valence-corrected chi connectivity index (χ0v) is 17.0. The molecule has 144 valence electrons. The molecule has 0 aliphatic rings. The van der Waals surface area contributed by atoms with Gasteiger partial charge in [-0.1, -0.05) is 40.5 Å². The Morgan fingerprint density at radius 3 is 2.23 bits per heavy atom. The molecule has 0 atom stereocenters. The molecule has 1 N–H and O–H groups in total. The number of carbonyl (C=O) groups is 2. The smallest absolute Gasteiger partial charge is 0.341 e. The van der Waals surface area contributed by atoms with Crippen molar-refractivity contribution in [2.24, 2.45) is 10.4 Å². The SMILES string of the molecule is C=C(/C=C(C)/C(C)=N/CC)C(=C)NCCOC(=O)C(=C)C(=O)C(C)(C)C. The van der Waals surface area contributed by atoms with E-state index >= 15 is 0 Å². The van der Waals surface area contributed by atoms with Crippen LogP contribution < -0.4 is 5.32 Å². The number of ketones is 1. The van der Waals surface area contributed by atoms with E-state index in [9.17, 15) is 9.59 Å². The van der Waals surface area contributed by atoms with Crippen LogP contribution in [-0.4, -0.2) is 37.2 Å². The molecule has 0 amide bonds. The van der Waals surface area contributed by atoms with Crippen molar-refractivity contribution in [3.63, 3.8) is 0 Å². The molecule has 5 nitrogen and oxygen atoms in total. The number of nitrogens with one attached hydrogen (secondary N) is 1. The van der Waals surface area contributed by atoms with Crippen molar-refractivity contribution in [1.29, 1.82) is 0 Å². The lowest BCUT2D eigenvalue weighted by Gasteiger charge is -2.17. The molecule has 26 heavy (non-hydrogen) atoms. The summed E-state index contributed by atoms with van der Waals surface area (Å²) in [5.74, 6) is -1.02. The molecule has 0 rings (SSSR count). The predicted molar refractivity (Wildman–Crippen MR) is 108 cm³/mol. The average molecular weight is 360 g/mol.